The van der Waals surface area contributed by atoms with Crippen LogP contribution < -0.4 is 10.6 Å². The van der Waals surface area contributed by atoms with Crippen molar-refractivity contribution in [2.45, 2.75) is 57.7 Å². The Morgan fingerprint density at radius 2 is 1.90 bits per heavy atom. The number of hydrogen-bond donors (Lipinski definition) is 2. The lowest BCUT2D eigenvalue weighted by atomic mass is 9.79. The zero-order valence-corrected chi connectivity index (χ0v) is 12.5. The van der Waals surface area contributed by atoms with E-state index >= 15 is 0 Å². The summed E-state index contributed by atoms with van der Waals surface area (Å²) in [5.74, 6) is -0.952. The van der Waals surface area contributed by atoms with Crippen LogP contribution in [0.25, 0.3) is 0 Å². The van der Waals surface area contributed by atoms with Crippen LogP contribution in [0.3, 0.4) is 0 Å². The van der Waals surface area contributed by atoms with Crippen LogP contribution >= 0.6 is 0 Å². The lowest BCUT2D eigenvalue weighted by Crippen LogP contribution is -2.62. The molecule has 0 aromatic carbocycles. The number of carbonyl (C=O) groups is 1. The average Bonchev–Trinajstić information content (AvgIpc) is 2.24. The number of hydrogen-bond acceptors (Lipinski definition) is 3. The van der Waals surface area contributed by atoms with Gasteiger partial charge in [0.1, 0.15) is 5.69 Å². The van der Waals surface area contributed by atoms with Crippen molar-refractivity contribution in [3.8, 4) is 0 Å². The first-order chi connectivity index (χ1) is 9.17. The van der Waals surface area contributed by atoms with Gasteiger partial charge in [0.15, 0.2) is 0 Å². The van der Waals surface area contributed by atoms with Crippen LogP contribution in [-0.4, -0.2) is 28.0 Å². The molecule has 1 aliphatic rings. The summed E-state index contributed by atoms with van der Waals surface area (Å²) in [4.78, 5) is 15.7. The van der Waals surface area contributed by atoms with Gasteiger partial charge in [0.25, 0.3) is 5.91 Å². The molecule has 4 nitrogen and oxygen atoms in total. The zero-order valence-electron chi connectivity index (χ0n) is 12.5. The molecular formula is C15H22FN3O. The van der Waals surface area contributed by atoms with Crippen molar-refractivity contribution >= 4 is 5.91 Å². The van der Waals surface area contributed by atoms with Gasteiger partial charge in [-0.25, -0.2) is 4.98 Å². The van der Waals surface area contributed by atoms with E-state index in [4.69, 9.17) is 0 Å². The van der Waals surface area contributed by atoms with Crippen molar-refractivity contribution < 1.29 is 9.18 Å². The quantitative estimate of drug-likeness (QED) is 0.817. The second-order valence-corrected chi connectivity index (χ2v) is 6.82. The summed E-state index contributed by atoms with van der Waals surface area (Å²) >= 11 is 0. The highest BCUT2D eigenvalue weighted by Gasteiger charge is 2.38. The topological polar surface area (TPSA) is 54.0 Å². The lowest BCUT2D eigenvalue weighted by molar-refractivity contribution is 0.0867. The highest BCUT2D eigenvalue weighted by molar-refractivity contribution is 5.92. The predicted molar refractivity (Wildman–Crippen MR) is 76.0 cm³/mol. The lowest BCUT2D eigenvalue weighted by Gasteiger charge is -2.46. The van der Waals surface area contributed by atoms with E-state index < -0.39 is 5.95 Å². The Labute approximate surface area is 119 Å². The Hall–Kier alpha value is -1.49. The van der Waals surface area contributed by atoms with Gasteiger partial charge in [-0.05, 0) is 52.7 Å². The number of piperidine rings is 1. The molecule has 0 radical (unpaired) electrons. The van der Waals surface area contributed by atoms with Gasteiger partial charge in [-0.1, -0.05) is 6.07 Å². The average molecular weight is 279 g/mol. The predicted octanol–water partition coefficient (Wildman–Crippen LogP) is 2.26. The largest absolute Gasteiger partial charge is 0.348 e. The molecule has 2 rings (SSSR count). The number of halogens is 1. The van der Waals surface area contributed by atoms with E-state index in [0.717, 1.165) is 12.8 Å². The number of nitrogens with one attached hydrogen (secondary N) is 2. The Kier molecular flexibility index (Phi) is 3.82. The van der Waals surface area contributed by atoms with Crippen molar-refractivity contribution in [2.75, 3.05) is 0 Å². The molecule has 0 saturated carbocycles. The molecule has 0 spiro atoms. The van der Waals surface area contributed by atoms with Gasteiger partial charge in [-0.15, -0.1) is 0 Å². The van der Waals surface area contributed by atoms with E-state index in [-0.39, 0.29) is 28.7 Å². The summed E-state index contributed by atoms with van der Waals surface area (Å²) in [6, 6.07) is 4.30. The fourth-order valence-electron chi connectivity index (χ4n) is 3.22. The molecular weight excluding hydrogens is 257 g/mol. The van der Waals surface area contributed by atoms with E-state index in [1.54, 1.807) is 0 Å². The number of amides is 1. The fourth-order valence-corrected chi connectivity index (χ4v) is 3.22. The minimum absolute atomic E-state index is 0.0466. The third-order valence-corrected chi connectivity index (χ3v) is 3.47. The van der Waals surface area contributed by atoms with Gasteiger partial charge in [0.2, 0.25) is 5.95 Å². The monoisotopic (exact) mass is 279 g/mol. The second kappa shape index (κ2) is 5.13. The molecule has 110 valence electrons. The van der Waals surface area contributed by atoms with E-state index in [2.05, 4.69) is 43.3 Å². The van der Waals surface area contributed by atoms with Gasteiger partial charge in [-0.3, -0.25) is 4.79 Å². The molecule has 2 heterocycles. The number of nitrogens with zero attached hydrogens (tertiary/aromatic N) is 1. The molecule has 0 bridgehead atoms. The Bertz CT molecular complexity index is 498. The molecule has 0 unspecified atom stereocenters. The Morgan fingerprint density at radius 3 is 2.45 bits per heavy atom. The van der Waals surface area contributed by atoms with Crippen molar-refractivity contribution in [1.29, 1.82) is 0 Å². The van der Waals surface area contributed by atoms with Crippen molar-refractivity contribution in [2.24, 2.45) is 0 Å². The van der Waals surface area contributed by atoms with Crippen LogP contribution in [0.1, 0.15) is 51.0 Å². The highest BCUT2D eigenvalue weighted by atomic mass is 19.1. The number of pyridine rings is 1. The third-order valence-electron chi connectivity index (χ3n) is 3.47. The molecule has 1 saturated heterocycles. The van der Waals surface area contributed by atoms with Gasteiger partial charge >= 0.3 is 0 Å². The van der Waals surface area contributed by atoms with Crippen LogP contribution in [0.5, 0.6) is 0 Å². The number of rotatable bonds is 2. The second-order valence-electron chi connectivity index (χ2n) is 6.82. The molecule has 5 heteroatoms. The molecule has 20 heavy (non-hydrogen) atoms. The van der Waals surface area contributed by atoms with Crippen LogP contribution in [0.15, 0.2) is 18.2 Å². The SMILES string of the molecule is CC1(C)CC(NC(=O)c2cccc(F)n2)CC(C)(C)N1. The Balaban J connectivity index is 2.08. The van der Waals surface area contributed by atoms with Crippen molar-refractivity contribution in [1.82, 2.24) is 15.6 Å². The minimum Gasteiger partial charge on any atom is -0.348 e. The van der Waals surface area contributed by atoms with Crippen molar-refractivity contribution in [3.05, 3.63) is 29.8 Å². The smallest absolute Gasteiger partial charge is 0.270 e. The van der Waals surface area contributed by atoms with Gasteiger partial charge in [-0.2, -0.15) is 4.39 Å². The summed E-state index contributed by atoms with van der Waals surface area (Å²) in [5, 5.41) is 6.52. The van der Waals surface area contributed by atoms with Crippen LogP contribution in [0.2, 0.25) is 0 Å². The maximum atomic E-state index is 13.1. The van der Waals surface area contributed by atoms with E-state index in [9.17, 15) is 9.18 Å². The van der Waals surface area contributed by atoms with E-state index in [1.807, 2.05) is 0 Å². The molecule has 1 aromatic rings. The molecule has 1 amide bonds. The number of aromatic nitrogens is 1. The normalized spacial score (nSPS) is 21.4. The van der Waals surface area contributed by atoms with Crippen LogP contribution in [-0.2, 0) is 0 Å². The summed E-state index contributed by atoms with van der Waals surface area (Å²) < 4.78 is 13.1. The van der Waals surface area contributed by atoms with Crippen LogP contribution in [0, 0.1) is 5.95 Å². The van der Waals surface area contributed by atoms with Crippen molar-refractivity contribution in [3.63, 3.8) is 0 Å². The molecule has 1 aliphatic heterocycles. The first-order valence-corrected chi connectivity index (χ1v) is 6.90. The molecule has 0 aliphatic carbocycles. The fraction of sp³-hybridized carbons (Fsp3) is 0.600. The van der Waals surface area contributed by atoms with Crippen LogP contribution in [0.4, 0.5) is 4.39 Å². The molecule has 1 fully saturated rings. The zero-order chi connectivity index (χ0) is 15.0. The summed E-state index contributed by atoms with van der Waals surface area (Å²) in [7, 11) is 0. The van der Waals surface area contributed by atoms with Gasteiger partial charge < -0.3 is 10.6 Å². The third kappa shape index (κ3) is 3.76. The van der Waals surface area contributed by atoms with Gasteiger partial charge in [0.05, 0.1) is 0 Å². The highest BCUT2D eigenvalue weighted by Crippen LogP contribution is 2.28. The van der Waals surface area contributed by atoms with E-state index in [1.165, 1.54) is 18.2 Å². The molecule has 0 atom stereocenters. The maximum Gasteiger partial charge on any atom is 0.270 e. The standard InChI is InChI=1S/C15H22FN3O/c1-14(2)8-10(9-15(3,4)19-14)17-13(20)11-6-5-7-12(16)18-11/h5-7,10,19H,8-9H2,1-4H3,(H,17,20). The molecule has 1 aromatic heterocycles. The maximum absolute atomic E-state index is 13.1. The van der Waals surface area contributed by atoms with E-state index in [0.29, 0.717) is 0 Å². The Morgan fingerprint density at radius 1 is 1.30 bits per heavy atom. The van der Waals surface area contributed by atoms with Gasteiger partial charge in [0, 0.05) is 17.1 Å². The summed E-state index contributed by atoms with van der Waals surface area (Å²) in [6.45, 7) is 8.47. The minimum atomic E-state index is -0.636. The number of carbonyl (C=O) groups excluding carboxylic acids is 1. The summed E-state index contributed by atoms with van der Waals surface area (Å²) in [6.07, 6.45) is 1.66. The summed E-state index contributed by atoms with van der Waals surface area (Å²) in [5.41, 5.74) is 0.0311. The molecule has 2 N–H and O–H groups in total. The first-order valence-electron chi connectivity index (χ1n) is 6.90. The first kappa shape index (κ1) is 14.9.